The smallest absolute Gasteiger partial charge is 0.191 e. The number of halogens is 1. The van der Waals surface area contributed by atoms with E-state index in [0.29, 0.717) is 18.0 Å². The van der Waals surface area contributed by atoms with Gasteiger partial charge in [0, 0.05) is 44.8 Å². The zero-order valence-electron chi connectivity index (χ0n) is 18.4. The molecule has 6 heteroatoms. The number of nitrogens with zero attached hydrogens (tertiary/aromatic N) is 3. The molecule has 29 heavy (non-hydrogen) atoms. The van der Waals surface area contributed by atoms with Crippen LogP contribution in [0.1, 0.15) is 45.6 Å². The summed E-state index contributed by atoms with van der Waals surface area (Å²) in [6.07, 6.45) is 3.79. The van der Waals surface area contributed by atoms with Gasteiger partial charge in [-0.15, -0.1) is 24.0 Å². The van der Waals surface area contributed by atoms with Gasteiger partial charge in [-0.05, 0) is 57.7 Å². The van der Waals surface area contributed by atoms with Crippen molar-refractivity contribution >= 4 is 29.9 Å². The Labute approximate surface area is 194 Å². The normalized spacial score (nSPS) is 26.2. The number of hydrogen-bond acceptors (Lipinski definition) is 3. The lowest BCUT2D eigenvalue weighted by Crippen LogP contribution is -2.45. The minimum atomic E-state index is 0. The second kappa shape index (κ2) is 12.7. The number of nitrogens with one attached hydrogen (secondary N) is 2. The second-order valence-corrected chi connectivity index (χ2v) is 8.46. The van der Waals surface area contributed by atoms with Gasteiger partial charge in [0.15, 0.2) is 5.96 Å². The highest BCUT2D eigenvalue weighted by Crippen LogP contribution is 2.20. The molecule has 1 aromatic carbocycles. The Bertz CT molecular complexity index is 609. The molecule has 0 aliphatic carbocycles. The van der Waals surface area contributed by atoms with Gasteiger partial charge < -0.3 is 15.5 Å². The number of rotatable bonds is 7. The average molecular weight is 514 g/mol. The van der Waals surface area contributed by atoms with Crippen molar-refractivity contribution in [2.45, 2.75) is 58.7 Å². The van der Waals surface area contributed by atoms with Crippen LogP contribution in [0.25, 0.3) is 0 Å². The maximum atomic E-state index is 4.95. The van der Waals surface area contributed by atoms with Crippen LogP contribution < -0.4 is 10.6 Å². The number of piperidine rings is 1. The Morgan fingerprint density at radius 3 is 2.69 bits per heavy atom. The first kappa shape index (κ1) is 24.4. The Kier molecular flexibility index (Phi) is 10.7. The summed E-state index contributed by atoms with van der Waals surface area (Å²) in [6, 6.07) is 11.9. The van der Waals surface area contributed by atoms with Gasteiger partial charge in [-0.3, -0.25) is 9.89 Å². The van der Waals surface area contributed by atoms with E-state index in [2.05, 4.69) is 71.5 Å². The topological polar surface area (TPSA) is 42.9 Å². The first-order valence-electron chi connectivity index (χ1n) is 11.2. The molecule has 0 radical (unpaired) electrons. The molecule has 2 aliphatic heterocycles. The van der Waals surface area contributed by atoms with Crippen molar-refractivity contribution in [3.63, 3.8) is 0 Å². The number of hydrogen-bond donors (Lipinski definition) is 2. The molecule has 164 valence electrons. The van der Waals surface area contributed by atoms with E-state index in [0.717, 1.165) is 38.7 Å². The van der Waals surface area contributed by atoms with Crippen molar-refractivity contribution in [1.82, 2.24) is 20.4 Å². The van der Waals surface area contributed by atoms with Gasteiger partial charge in [0.2, 0.25) is 0 Å². The molecular formula is C23H40IN5. The molecule has 2 saturated heterocycles. The largest absolute Gasteiger partial charge is 0.357 e. The van der Waals surface area contributed by atoms with Crippen LogP contribution in [0.3, 0.4) is 0 Å². The van der Waals surface area contributed by atoms with Crippen LogP contribution >= 0.6 is 24.0 Å². The Morgan fingerprint density at radius 2 is 1.97 bits per heavy atom. The van der Waals surface area contributed by atoms with Crippen LogP contribution in [0, 0.1) is 5.92 Å². The number of benzene rings is 1. The maximum absolute atomic E-state index is 4.95. The van der Waals surface area contributed by atoms with Crippen LogP contribution in [0.5, 0.6) is 0 Å². The van der Waals surface area contributed by atoms with Gasteiger partial charge in [0.1, 0.15) is 0 Å². The van der Waals surface area contributed by atoms with E-state index in [9.17, 15) is 0 Å². The Hall–Kier alpha value is -0.860. The van der Waals surface area contributed by atoms with Crippen LogP contribution in [-0.4, -0.2) is 67.1 Å². The highest BCUT2D eigenvalue weighted by molar-refractivity contribution is 14.0. The molecule has 2 fully saturated rings. The van der Waals surface area contributed by atoms with E-state index in [-0.39, 0.29) is 24.0 Å². The molecule has 3 atom stereocenters. The standard InChI is InChI=1S/C23H39N5.HI/c1-4-24-23(25-15-21-12-9-13-27(5-2)16-21)26-22-14-19(3)28(18-22)17-20-10-7-6-8-11-20;/h6-8,10-11,19,21-22H,4-5,9,12-18H2,1-3H3,(H2,24,25,26);1H. The van der Waals surface area contributed by atoms with Gasteiger partial charge in [-0.1, -0.05) is 37.3 Å². The van der Waals surface area contributed by atoms with Gasteiger partial charge in [-0.2, -0.15) is 0 Å². The molecule has 2 heterocycles. The SMILES string of the molecule is CCNC(=NCC1CCCN(CC)C1)NC1CC(C)N(Cc2ccccc2)C1.I. The third kappa shape index (κ3) is 7.72. The van der Waals surface area contributed by atoms with E-state index < -0.39 is 0 Å². The number of guanidine groups is 1. The molecular weight excluding hydrogens is 473 g/mol. The molecule has 2 aliphatic rings. The van der Waals surface area contributed by atoms with Crippen LogP contribution in [0.4, 0.5) is 0 Å². The van der Waals surface area contributed by atoms with E-state index in [4.69, 9.17) is 4.99 Å². The summed E-state index contributed by atoms with van der Waals surface area (Å²) in [5.41, 5.74) is 1.40. The van der Waals surface area contributed by atoms with Crippen LogP contribution in [0.15, 0.2) is 35.3 Å². The lowest BCUT2D eigenvalue weighted by molar-refractivity contribution is 0.186. The fourth-order valence-electron chi connectivity index (χ4n) is 4.56. The summed E-state index contributed by atoms with van der Waals surface area (Å²) in [7, 11) is 0. The van der Waals surface area contributed by atoms with Gasteiger partial charge in [0.25, 0.3) is 0 Å². The zero-order valence-corrected chi connectivity index (χ0v) is 20.8. The molecule has 0 saturated carbocycles. The minimum absolute atomic E-state index is 0. The molecule has 3 unspecified atom stereocenters. The number of aliphatic imine (C=N–C) groups is 1. The van der Waals surface area contributed by atoms with Crippen molar-refractivity contribution < 1.29 is 0 Å². The summed E-state index contributed by atoms with van der Waals surface area (Å²) in [4.78, 5) is 10.1. The van der Waals surface area contributed by atoms with Gasteiger partial charge in [0.05, 0.1) is 0 Å². The summed E-state index contributed by atoms with van der Waals surface area (Å²) in [5.74, 6) is 1.69. The number of likely N-dealkylation sites (tertiary alicyclic amines) is 2. The molecule has 0 amide bonds. The van der Waals surface area contributed by atoms with E-state index in [1.165, 1.54) is 37.9 Å². The molecule has 0 spiro atoms. The predicted octanol–water partition coefficient (Wildman–Crippen LogP) is 3.55. The van der Waals surface area contributed by atoms with Crippen molar-refractivity contribution in [2.24, 2.45) is 10.9 Å². The fourth-order valence-corrected chi connectivity index (χ4v) is 4.56. The third-order valence-electron chi connectivity index (χ3n) is 6.18. The quantitative estimate of drug-likeness (QED) is 0.333. The van der Waals surface area contributed by atoms with Crippen molar-refractivity contribution in [3.8, 4) is 0 Å². The fraction of sp³-hybridized carbons (Fsp3) is 0.696. The highest BCUT2D eigenvalue weighted by atomic mass is 127. The first-order chi connectivity index (χ1) is 13.7. The summed E-state index contributed by atoms with van der Waals surface area (Å²) >= 11 is 0. The van der Waals surface area contributed by atoms with Gasteiger partial charge >= 0.3 is 0 Å². The predicted molar refractivity (Wildman–Crippen MR) is 134 cm³/mol. The first-order valence-corrected chi connectivity index (χ1v) is 11.2. The van der Waals surface area contributed by atoms with Crippen molar-refractivity contribution in [3.05, 3.63) is 35.9 Å². The minimum Gasteiger partial charge on any atom is -0.357 e. The molecule has 2 N–H and O–H groups in total. The maximum Gasteiger partial charge on any atom is 0.191 e. The molecule has 5 nitrogen and oxygen atoms in total. The Morgan fingerprint density at radius 1 is 1.17 bits per heavy atom. The molecule has 0 aromatic heterocycles. The van der Waals surface area contributed by atoms with Crippen molar-refractivity contribution in [2.75, 3.05) is 39.3 Å². The summed E-state index contributed by atoms with van der Waals surface area (Å²) in [5, 5.41) is 7.17. The lowest BCUT2D eigenvalue weighted by atomic mass is 9.98. The second-order valence-electron chi connectivity index (χ2n) is 8.46. The molecule has 0 bridgehead atoms. The van der Waals surface area contributed by atoms with Gasteiger partial charge in [-0.25, -0.2) is 0 Å². The van der Waals surface area contributed by atoms with E-state index in [1.54, 1.807) is 0 Å². The van der Waals surface area contributed by atoms with Crippen molar-refractivity contribution in [1.29, 1.82) is 0 Å². The Balaban J connectivity index is 0.00000300. The van der Waals surface area contributed by atoms with E-state index >= 15 is 0 Å². The summed E-state index contributed by atoms with van der Waals surface area (Å²) in [6.45, 7) is 14.3. The monoisotopic (exact) mass is 513 g/mol. The zero-order chi connectivity index (χ0) is 19.8. The highest BCUT2D eigenvalue weighted by Gasteiger charge is 2.29. The van der Waals surface area contributed by atoms with Crippen LogP contribution in [-0.2, 0) is 6.54 Å². The molecule has 3 rings (SSSR count). The third-order valence-corrected chi connectivity index (χ3v) is 6.18. The van der Waals surface area contributed by atoms with E-state index in [1.807, 2.05) is 0 Å². The summed E-state index contributed by atoms with van der Waals surface area (Å²) < 4.78 is 0. The average Bonchev–Trinajstić information content (AvgIpc) is 3.06. The molecule has 1 aromatic rings. The lowest BCUT2D eigenvalue weighted by Gasteiger charge is -2.31. The van der Waals surface area contributed by atoms with Crippen LogP contribution in [0.2, 0.25) is 0 Å².